The Bertz CT molecular complexity index is 670. The van der Waals surface area contributed by atoms with Crippen LogP contribution < -0.4 is 14.8 Å². The number of halogens is 1. The quantitative estimate of drug-likeness (QED) is 0.764. The summed E-state index contributed by atoms with van der Waals surface area (Å²) in [5.41, 5.74) is 2.76. The fourth-order valence-electron chi connectivity index (χ4n) is 3.03. The molecule has 5 heteroatoms. The third kappa shape index (κ3) is 2.78. The molecule has 1 aromatic heterocycles. The first-order valence-electron chi connectivity index (χ1n) is 7.19. The SMILES string of the molecule is Ic1cc2c(s1)CCCC2NCc1ccc2c(c1)OCO2. The molecule has 0 saturated heterocycles. The molecule has 2 aromatic rings. The van der Waals surface area contributed by atoms with Crippen molar-refractivity contribution >= 4 is 33.9 Å². The number of ether oxygens (including phenoxy) is 2. The number of thiophene rings is 1. The lowest BCUT2D eigenvalue weighted by atomic mass is 9.94. The van der Waals surface area contributed by atoms with E-state index < -0.39 is 0 Å². The van der Waals surface area contributed by atoms with Crippen molar-refractivity contribution in [3.8, 4) is 11.5 Å². The Kier molecular flexibility index (Phi) is 3.81. The number of hydrogen-bond acceptors (Lipinski definition) is 4. The number of rotatable bonds is 3. The highest BCUT2D eigenvalue weighted by Gasteiger charge is 2.22. The number of hydrogen-bond donors (Lipinski definition) is 1. The Morgan fingerprint density at radius 3 is 3.10 bits per heavy atom. The summed E-state index contributed by atoms with van der Waals surface area (Å²) in [6, 6.07) is 9.02. The van der Waals surface area contributed by atoms with Crippen molar-refractivity contribution in [3.05, 3.63) is 43.2 Å². The molecule has 1 unspecified atom stereocenters. The van der Waals surface area contributed by atoms with Gasteiger partial charge < -0.3 is 14.8 Å². The van der Waals surface area contributed by atoms with Crippen molar-refractivity contribution in [3.63, 3.8) is 0 Å². The molecule has 4 rings (SSSR count). The van der Waals surface area contributed by atoms with Gasteiger partial charge >= 0.3 is 0 Å². The highest BCUT2D eigenvalue weighted by Crippen LogP contribution is 2.37. The summed E-state index contributed by atoms with van der Waals surface area (Å²) >= 11 is 4.37. The number of benzene rings is 1. The second-order valence-electron chi connectivity index (χ2n) is 5.44. The molecular weight excluding hydrogens is 397 g/mol. The van der Waals surface area contributed by atoms with Crippen molar-refractivity contribution in [2.45, 2.75) is 31.8 Å². The van der Waals surface area contributed by atoms with Gasteiger partial charge in [0.1, 0.15) is 0 Å². The minimum absolute atomic E-state index is 0.339. The molecule has 1 N–H and O–H groups in total. The summed E-state index contributed by atoms with van der Waals surface area (Å²) in [5, 5.41) is 3.71. The first-order chi connectivity index (χ1) is 10.3. The normalized spacial score (nSPS) is 19.6. The van der Waals surface area contributed by atoms with Gasteiger partial charge in [0.05, 0.1) is 2.88 Å². The molecular formula is C16H16INO2S. The Morgan fingerprint density at radius 2 is 2.14 bits per heavy atom. The van der Waals surface area contributed by atoms with Crippen LogP contribution in [0, 0.1) is 2.88 Å². The van der Waals surface area contributed by atoms with Gasteiger partial charge in [-0.05, 0) is 71.2 Å². The predicted molar refractivity (Wildman–Crippen MR) is 92.1 cm³/mol. The standard InChI is InChI=1S/C16H16INO2S/c17-16-7-11-12(2-1-3-15(11)21-16)18-8-10-4-5-13-14(6-10)20-9-19-13/h4-7,12,18H,1-3,8-9H2. The molecule has 0 radical (unpaired) electrons. The maximum Gasteiger partial charge on any atom is 0.231 e. The van der Waals surface area contributed by atoms with Crippen molar-refractivity contribution in [1.29, 1.82) is 0 Å². The zero-order valence-corrected chi connectivity index (χ0v) is 14.5. The van der Waals surface area contributed by atoms with E-state index in [1.165, 1.54) is 33.3 Å². The summed E-state index contributed by atoms with van der Waals surface area (Å²) in [7, 11) is 0. The Balaban J connectivity index is 1.48. The van der Waals surface area contributed by atoms with Crippen LogP contribution in [0.5, 0.6) is 11.5 Å². The smallest absolute Gasteiger partial charge is 0.231 e. The molecule has 0 fully saturated rings. The summed E-state index contributed by atoms with van der Waals surface area (Å²) in [5.74, 6) is 1.72. The minimum Gasteiger partial charge on any atom is -0.454 e. The summed E-state index contributed by atoms with van der Waals surface area (Å²) < 4.78 is 12.2. The van der Waals surface area contributed by atoms with Crippen molar-refractivity contribution in [2.24, 2.45) is 0 Å². The van der Waals surface area contributed by atoms with Gasteiger partial charge in [0.2, 0.25) is 6.79 Å². The maximum atomic E-state index is 5.44. The molecule has 2 heterocycles. The van der Waals surface area contributed by atoms with E-state index in [1.807, 2.05) is 17.4 Å². The van der Waals surface area contributed by atoms with Gasteiger partial charge in [0, 0.05) is 17.5 Å². The van der Waals surface area contributed by atoms with Gasteiger partial charge in [-0.2, -0.15) is 0 Å². The molecule has 3 nitrogen and oxygen atoms in total. The Labute approximate surface area is 141 Å². The van der Waals surface area contributed by atoms with Crippen LogP contribution >= 0.6 is 33.9 Å². The average molecular weight is 413 g/mol. The van der Waals surface area contributed by atoms with Gasteiger partial charge in [-0.25, -0.2) is 0 Å². The van der Waals surface area contributed by atoms with Gasteiger partial charge in [-0.1, -0.05) is 6.07 Å². The van der Waals surface area contributed by atoms with Crippen LogP contribution in [0.2, 0.25) is 0 Å². The minimum atomic E-state index is 0.339. The highest BCUT2D eigenvalue weighted by molar-refractivity contribution is 14.1. The molecule has 1 aromatic carbocycles. The fraction of sp³-hybridized carbons (Fsp3) is 0.375. The molecule has 2 aliphatic rings. The summed E-state index contributed by atoms with van der Waals surface area (Å²) in [6.07, 6.45) is 3.75. The van der Waals surface area contributed by atoms with E-state index in [0.717, 1.165) is 18.0 Å². The van der Waals surface area contributed by atoms with Crippen LogP contribution in [-0.2, 0) is 13.0 Å². The lowest BCUT2D eigenvalue weighted by Crippen LogP contribution is -2.23. The van der Waals surface area contributed by atoms with E-state index in [1.54, 1.807) is 4.88 Å². The topological polar surface area (TPSA) is 30.5 Å². The molecule has 110 valence electrons. The number of fused-ring (bicyclic) bond motifs is 2. The largest absolute Gasteiger partial charge is 0.454 e. The second-order valence-corrected chi connectivity index (χ2v) is 8.47. The molecule has 0 amide bonds. The Hall–Kier alpha value is -0.790. The lowest BCUT2D eigenvalue weighted by Gasteiger charge is -2.23. The van der Waals surface area contributed by atoms with Crippen molar-refractivity contribution in [1.82, 2.24) is 5.32 Å². The molecule has 0 bridgehead atoms. The lowest BCUT2D eigenvalue weighted by molar-refractivity contribution is 0.174. The molecule has 1 atom stereocenters. The zero-order valence-electron chi connectivity index (χ0n) is 11.5. The van der Waals surface area contributed by atoms with Gasteiger partial charge in [-0.3, -0.25) is 0 Å². The monoisotopic (exact) mass is 413 g/mol. The van der Waals surface area contributed by atoms with E-state index >= 15 is 0 Å². The van der Waals surface area contributed by atoms with Gasteiger partial charge in [0.25, 0.3) is 0 Å². The van der Waals surface area contributed by atoms with Crippen LogP contribution in [0.1, 0.15) is 34.9 Å². The average Bonchev–Trinajstić information content (AvgIpc) is 3.09. The zero-order chi connectivity index (χ0) is 14.2. The van der Waals surface area contributed by atoms with E-state index in [0.29, 0.717) is 12.8 Å². The third-order valence-electron chi connectivity index (χ3n) is 4.07. The van der Waals surface area contributed by atoms with Gasteiger partial charge in [-0.15, -0.1) is 11.3 Å². The van der Waals surface area contributed by atoms with Gasteiger partial charge in [0.15, 0.2) is 11.5 Å². The van der Waals surface area contributed by atoms with E-state index in [-0.39, 0.29) is 0 Å². The fourth-order valence-corrected chi connectivity index (χ4v) is 5.14. The van der Waals surface area contributed by atoms with Crippen molar-refractivity contribution in [2.75, 3.05) is 6.79 Å². The Morgan fingerprint density at radius 1 is 1.24 bits per heavy atom. The second kappa shape index (κ2) is 5.78. The predicted octanol–water partition coefficient (Wildman–Crippen LogP) is 4.25. The number of aryl methyl sites for hydroxylation is 1. The van der Waals surface area contributed by atoms with Crippen molar-refractivity contribution < 1.29 is 9.47 Å². The maximum absolute atomic E-state index is 5.44. The first kappa shape index (κ1) is 13.8. The van der Waals surface area contributed by atoms with Crippen LogP contribution in [0.15, 0.2) is 24.3 Å². The molecule has 0 spiro atoms. The van der Waals surface area contributed by atoms with Crippen LogP contribution in [0.3, 0.4) is 0 Å². The summed E-state index contributed by atoms with van der Waals surface area (Å²) in [4.78, 5) is 1.56. The highest BCUT2D eigenvalue weighted by atomic mass is 127. The molecule has 1 aliphatic carbocycles. The molecule has 1 aliphatic heterocycles. The number of nitrogens with one attached hydrogen (secondary N) is 1. The van der Waals surface area contributed by atoms with E-state index in [9.17, 15) is 0 Å². The first-order valence-corrected chi connectivity index (χ1v) is 9.09. The van der Waals surface area contributed by atoms with Crippen LogP contribution in [-0.4, -0.2) is 6.79 Å². The van der Waals surface area contributed by atoms with Crippen LogP contribution in [0.25, 0.3) is 0 Å². The van der Waals surface area contributed by atoms with Crippen LogP contribution in [0.4, 0.5) is 0 Å². The summed E-state index contributed by atoms with van der Waals surface area (Å²) in [6.45, 7) is 1.21. The van der Waals surface area contributed by atoms with E-state index in [2.05, 4.69) is 46.1 Å². The molecule has 0 saturated carbocycles. The third-order valence-corrected chi connectivity index (χ3v) is 6.04. The van der Waals surface area contributed by atoms with E-state index in [4.69, 9.17) is 9.47 Å². The molecule has 21 heavy (non-hydrogen) atoms.